The first-order valence-corrected chi connectivity index (χ1v) is 14.0. The van der Waals surface area contributed by atoms with Crippen molar-refractivity contribution in [3.63, 3.8) is 0 Å². The lowest BCUT2D eigenvalue weighted by atomic mass is 10.1. The second kappa shape index (κ2) is 21.8. The molecule has 1 rings (SSSR count). The van der Waals surface area contributed by atoms with Crippen molar-refractivity contribution in [2.75, 3.05) is 26.2 Å². The van der Waals surface area contributed by atoms with Gasteiger partial charge < -0.3 is 30.7 Å². The Morgan fingerprint density at radius 3 is 1.39 bits per heavy atom. The molecule has 0 spiro atoms. The molecule has 0 saturated heterocycles. The summed E-state index contributed by atoms with van der Waals surface area (Å²) in [6.45, 7) is 4.84. The first-order chi connectivity index (χ1) is 18.4. The van der Waals surface area contributed by atoms with Crippen LogP contribution in [0.2, 0.25) is 0 Å². The van der Waals surface area contributed by atoms with Gasteiger partial charge in [-0.2, -0.15) is 0 Å². The number of carbonyl (C=O) groups excluding carboxylic acids is 4. The van der Waals surface area contributed by atoms with Crippen LogP contribution in [-0.2, 0) is 9.59 Å². The molecule has 0 atom stereocenters. The molecule has 0 fully saturated rings. The van der Waals surface area contributed by atoms with E-state index in [-0.39, 0.29) is 24.6 Å². The Kier molecular flexibility index (Phi) is 18.7. The fraction of sp³-hybridized carbons (Fsp3) is 0.643. The van der Waals surface area contributed by atoms with Crippen LogP contribution in [0.1, 0.15) is 90.9 Å². The van der Waals surface area contributed by atoms with Crippen molar-refractivity contribution < 1.29 is 28.7 Å². The molecule has 4 amide bonds. The summed E-state index contributed by atoms with van der Waals surface area (Å²) >= 11 is 0. The van der Waals surface area contributed by atoms with Gasteiger partial charge in [-0.15, -0.1) is 0 Å². The Labute approximate surface area is 227 Å². The number of unbranched alkanes of at least 4 members (excludes halogenated alkanes) is 10. The maximum atomic E-state index is 12.1. The van der Waals surface area contributed by atoms with Crippen LogP contribution in [0.5, 0.6) is 11.5 Å². The summed E-state index contributed by atoms with van der Waals surface area (Å²) in [5, 5.41) is 10.4. The highest BCUT2D eigenvalue weighted by atomic mass is 16.5. The van der Waals surface area contributed by atoms with Gasteiger partial charge in [0.25, 0.3) is 0 Å². The Morgan fingerprint density at radius 2 is 0.974 bits per heavy atom. The fourth-order valence-corrected chi connectivity index (χ4v) is 3.58. The minimum Gasteiger partial charge on any atom is -0.425 e. The van der Waals surface area contributed by atoms with Crippen LogP contribution in [0.25, 0.3) is 0 Å². The van der Waals surface area contributed by atoms with Gasteiger partial charge in [0.05, 0.1) is 0 Å². The van der Waals surface area contributed by atoms with Gasteiger partial charge in [-0.25, -0.2) is 19.2 Å². The number of benzene rings is 1. The van der Waals surface area contributed by atoms with E-state index in [2.05, 4.69) is 35.1 Å². The highest BCUT2D eigenvalue weighted by Gasteiger charge is 2.11. The van der Waals surface area contributed by atoms with Crippen LogP contribution in [-0.4, -0.2) is 50.2 Å². The summed E-state index contributed by atoms with van der Waals surface area (Å²) in [7, 11) is 0. The highest BCUT2D eigenvalue weighted by Crippen LogP contribution is 2.19. The third-order valence-corrected chi connectivity index (χ3v) is 5.69. The molecule has 0 aliphatic carbocycles. The molecular weight excluding hydrogens is 488 g/mol. The maximum Gasteiger partial charge on any atom is 0.330 e. The second-order valence-corrected chi connectivity index (χ2v) is 9.18. The van der Waals surface area contributed by atoms with Gasteiger partial charge in [0.15, 0.2) is 0 Å². The number of esters is 2. The Hall–Kier alpha value is -3.30. The molecule has 0 heterocycles. The molecule has 10 nitrogen and oxygen atoms in total. The van der Waals surface area contributed by atoms with E-state index < -0.39 is 24.0 Å². The van der Waals surface area contributed by atoms with Crippen molar-refractivity contribution in [2.24, 2.45) is 0 Å². The number of rotatable bonds is 20. The number of amides is 4. The van der Waals surface area contributed by atoms with E-state index in [9.17, 15) is 19.2 Å². The minimum absolute atomic E-state index is 0.166. The predicted molar refractivity (Wildman–Crippen MR) is 147 cm³/mol. The predicted octanol–water partition coefficient (Wildman–Crippen LogP) is 4.82. The standard InChI is InChI=1S/C28H46N4O6/c1-3-5-7-9-11-13-18-29-27(35)31-21-25(33)37-23-16-15-17-24(20-23)38-26(34)22-32-28(36)30-19-14-12-10-8-6-4-2/h15-17,20H,3-14,18-19,21-22H2,1-2H3,(H2,29,31,35)(H2,30,32,36). The monoisotopic (exact) mass is 534 g/mol. The molecule has 38 heavy (non-hydrogen) atoms. The molecule has 214 valence electrons. The Morgan fingerprint density at radius 1 is 0.579 bits per heavy atom. The molecule has 0 saturated carbocycles. The smallest absolute Gasteiger partial charge is 0.330 e. The SMILES string of the molecule is CCCCCCCCNC(=O)NCC(=O)Oc1cccc(OC(=O)CNC(=O)NCCCCCCCC)c1. The number of urea groups is 2. The third-order valence-electron chi connectivity index (χ3n) is 5.69. The van der Waals surface area contributed by atoms with Crippen LogP contribution in [0, 0.1) is 0 Å². The molecule has 10 heteroatoms. The van der Waals surface area contributed by atoms with Crippen molar-refractivity contribution in [1.29, 1.82) is 0 Å². The van der Waals surface area contributed by atoms with E-state index in [0.717, 1.165) is 38.5 Å². The number of carbonyl (C=O) groups is 4. The summed E-state index contributed by atoms with van der Waals surface area (Å²) < 4.78 is 10.4. The zero-order valence-electron chi connectivity index (χ0n) is 23.1. The average molecular weight is 535 g/mol. The highest BCUT2D eigenvalue weighted by molar-refractivity contribution is 5.83. The van der Waals surface area contributed by atoms with Gasteiger partial charge >= 0.3 is 24.0 Å². The lowest BCUT2D eigenvalue weighted by molar-refractivity contribution is -0.133. The summed E-state index contributed by atoms with van der Waals surface area (Å²) in [6.07, 6.45) is 13.5. The first-order valence-electron chi connectivity index (χ1n) is 14.0. The Balaban J connectivity index is 2.22. The van der Waals surface area contributed by atoms with Gasteiger partial charge in [0.2, 0.25) is 0 Å². The number of hydrogen-bond acceptors (Lipinski definition) is 6. The zero-order chi connectivity index (χ0) is 27.8. The van der Waals surface area contributed by atoms with Crippen molar-refractivity contribution in [2.45, 2.75) is 90.9 Å². The van der Waals surface area contributed by atoms with Crippen molar-refractivity contribution in [3.8, 4) is 11.5 Å². The fourth-order valence-electron chi connectivity index (χ4n) is 3.58. The summed E-state index contributed by atoms with van der Waals surface area (Å²) in [5.41, 5.74) is 0. The minimum atomic E-state index is -0.660. The van der Waals surface area contributed by atoms with Crippen LogP contribution >= 0.6 is 0 Å². The summed E-state index contributed by atoms with van der Waals surface area (Å²) in [4.78, 5) is 47.7. The van der Waals surface area contributed by atoms with Crippen molar-refractivity contribution in [1.82, 2.24) is 21.3 Å². The van der Waals surface area contributed by atoms with Crippen molar-refractivity contribution >= 4 is 24.0 Å². The average Bonchev–Trinajstić information content (AvgIpc) is 2.90. The number of hydrogen-bond donors (Lipinski definition) is 4. The van der Waals surface area contributed by atoms with Crippen LogP contribution in [0.3, 0.4) is 0 Å². The van der Waals surface area contributed by atoms with Crippen LogP contribution in [0.4, 0.5) is 9.59 Å². The molecule has 0 unspecified atom stereocenters. The van der Waals surface area contributed by atoms with E-state index in [1.54, 1.807) is 6.07 Å². The lowest BCUT2D eigenvalue weighted by Crippen LogP contribution is -2.40. The molecule has 0 radical (unpaired) electrons. The second-order valence-electron chi connectivity index (χ2n) is 9.18. The molecular formula is C28H46N4O6. The van der Waals surface area contributed by atoms with Gasteiger partial charge in [0, 0.05) is 19.2 Å². The topological polar surface area (TPSA) is 135 Å². The van der Waals surface area contributed by atoms with E-state index in [1.807, 2.05) is 0 Å². The lowest BCUT2D eigenvalue weighted by Gasteiger charge is -2.10. The van der Waals surface area contributed by atoms with E-state index >= 15 is 0 Å². The molecule has 0 aromatic heterocycles. The van der Waals surface area contributed by atoms with Gasteiger partial charge in [0.1, 0.15) is 24.6 Å². The number of nitrogens with one attached hydrogen (secondary N) is 4. The molecule has 0 aliphatic rings. The number of ether oxygens (including phenoxy) is 2. The first kappa shape index (κ1) is 32.7. The third kappa shape index (κ3) is 18.0. The van der Waals surface area contributed by atoms with E-state index in [1.165, 1.54) is 56.7 Å². The largest absolute Gasteiger partial charge is 0.425 e. The van der Waals surface area contributed by atoms with Gasteiger partial charge in [-0.1, -0.05) is 84.1 Å². The van der Waals surface area contributed by atoms with E-state index in [4.69, 9.17) is 9.47 Å². The normalized spacial score (nSPS) is 10.4. The molecule has 0 bridgehead atoms. The quantitative estimate of drug-likeness (QED) is 0.108. The molecule has 1 aromatic rings. The van der Waals surface area contributed by atoms with Crippen LogP contribution in [0.15, 0.2) is 24.3 Å². The molecule has 1 aromatic carbocycles. The van der Waals surface area contributed by atoms with Crippen LogP contribution < -0.4 is 30.7 Å². The van der Waals surface area contributed by atoms with E-state index in [0.29, 0.717) is 13.1 Å². The van der Waals surface area contributed by atoms with Gasteiger partial charge in [-0.05, 0) is 25.0 Å². The molecule has 0 aliphatic heterocycles. The summed E-state index contributed by atoms with van der Waals surface area (Å²) in [5.74, 6) is -0.989. The van der Waals surface area contributed by atoms with Crippen molar-refractivity contribution in [3.05, 3.63) is 24.3 Å². The van der Waals surface area contributed by atoms with Gasteiger partial charge in [-0.3, -0.25) is 0 Å². The Bertz CT molecular complexity index is 770. The summed E-state index contributed by atoms with van der Waals surface area (Å²) in [6, 6.07) is 5.15. The zero-order valence-corrected chi connectivity index (χ0v) is 23.1. The molecule has 4 N–H and O–H groups in total. The maximum absolute atomic E-state index is 12.1.